The van der Waals surface area contributed by atoms with Gasteiger partial charge in [0.05, 0.1) is 0 Å². The van der Waals surface area contributed by atoms with Crippen LogP contribution in [0.15, 0.2) is 24.3 Å². The van der Waals surface area contributed by atoms with E-state index in [1.165, 1.54) is 19.3 Å². The summed E-state index contributed by atoms with van der Waals surface area (Å²) >= 11 is 0. The van der Waals surface area contributed by atoms with E-state index in [9.17, 15) is 4.79 Å². The third-order valence-electron chi connectivity index (χ3n) is 4.44. The van der Waals surface area contributed by atoms with Crippen LogP contribution in [0.3, 0.4) is 0 Å². The first-order valence-corrected chi connectivity index (χ1v) is 7.45. The van der Waals surface area contributed by atoms with Crippen molar-refractivity contribution in [2.24, 2.45) is 11.8 Å². The highest BCUT2D eigenvalue weighted by atomic mass is 16.1. The van der Waals surface area contributed by atoms with Crippen LogP contribution in [0.1, 0.15) is 49.4 Å². The Morgan fingerprint density at radius 3 is 2.37 bits per heavy atom. The summed E-state index contributed by atoms with van der Waals surface area (Å²) in [4.78, 5) is 14.7. The highest BCUT2D eigenvalue weighted by Crippen LogP contribution is 2.34. The third-order valence-corrected chi connectivity index (χ3v) is 4.44. The predicted octanol–water partition coefficient (Wildman–Crippen LogP) is 4.15. The van der Waals surface area contributed by atoms with Crippen molar-refractivity contribution in [1.82, 2.24) is 0 Å². The maximum atomic E-state index is 12.6. The van der Waals surface area contributed by atoms with Crippen LogP contribution in [0, 0.1) is 11.8 Å². The molecule has 2 unspecified atom stereocenters. The lowest BCUT2D eigenvalue weighted by Gasteiger charge is -2.29. The maximum absolute atomic E-state index is 12.6. The zero-order valence-electron chi connectivity index (χ0n) is 12.4. The molecule has 2 nitrogen and oxygen atoms in total. The summed E-state index contributed by atoms with van der Waals surface area (Å²) in [7, 11) is 4.04. The molecule has 0 N–H and O–H groups in total. The number of hydrogen-bond acceptors (Lipinski definition) is 2. The highest BCUT2D eigenvalue weighted by Gasteiger charge is 2.30. The average Bonchev–Trinajstić information content (AvgIpc) is 2.46. The zero-order chi connectivity index (χ0) is 13.8. The molecule has 2 heteroatoms. The van der Waals surface area contributed by atoms with Crippen molar-refractivity contribution in [2.45, 2.75) is 39.0 Å². The fourth-order valence-electron chi connectivity index (χ4n) is 3.18. The zero-order valence-corrected chi connectivity index (χ0v) is 12.4. The Morgan fingerprint density at radius 1 is 1.16 bits per heavy atom. The number of benzene rings is 1. The molecule has 1 aromatic carbocycles. The van der Waals surface area contributed by atoms with Crippen molar-refractivity contribution in [3.8, 4) is 0 Å². The van der Waals surface area contributed by atoms with Gasteiger partial charge in [0.15, 0.2) is 5.78 Å². The van der Waals surface area contributed by atoms with Gasteiger partial charge in [-0.3, -0.25) is 4.79 Å². The molecule has 0 radical (unpaired) electrons. The number of Topliss-reactive ketones (excluding diaryl/α,β-unsaturated/α-hetero) is 1. The highest BCUT2D eigenvalue weighted by molar-refractivity contribution is 5.98. The maximum Gasteiger partial charge on any atom is 0.166 e. The summed E-state index contributed by atoms with van der Waals surface area (Å²) in [6.45, 7) is 2.21. The predicted molar refractivity (Wildman–Crippen MR) is 80.8 cm³/mol. The van der Waals surface area contributed by atoms with Gasteiger partial charge in [-0.05, 0) is 43.0 Å². The number of anilines is 1. The van der Waals surface area contributed by atoms with Gasteiger partial charge in [0, 0.05) is 31.3 Å². The van der Waals surface area contributed by atoms with Gasteiger partial charge < -0.3 is 4.90 Å². The van der Waals surface area contributed by atoms with E-state index in [2.05, 4.69) is 11.8 Å². The topological polar surface area (TPSA) is 20.3 Å². The van der Waals surface area contributed by atoms with Gasteiger partial charge in [-0.1, -0.05) is 26.2 Å². The van der Waals surface area contributed by atoms with Gasteiger partial charge in [-0.15, -0.1) is 0 Å². The standard InChI is InChI=1S/C17H25NO/c1-4-13-7-5-6-8-16(13)17(19)14-9-11-15(12-10-14)18(2)3/h9-13,16H,4-8H2,1-3H3. The van der Waals surface area contributed by atoms with Crippen molar-refractivity contribution in [3.63, 3.8) is 0 Å². The molecule has 0 bridgehead atoms. The van der Waals surface area contributed by atoms with Crippen molar-refractivity contribution < 1.29 is 4.79 Å². The number of nitrogens with zero attached hydrogens (tertiary/aromatic N) is 1. The molecule has 2 atom stereocenters. The van der Waals surface area contributed by atoms with Crippen LogP contribution in [0.5, 0.6) is 0 Å². The lowest BCUT2D eigenvalue weighted by molar-refractivity contribution is 0.0820. The van der Waals surface area contributed by atoms with Gasteiger partial charge in [0.25, 0.3) is 0 Å². The molecule has 2 rings (SSSR count). The molecule has 0 aromatic heterocycles. The molecule has 0 aliphatic heterocycles. The third kappa shape index (κ3) is 3.17. The number of carbonyl (C=O) groups is 1. The smallest absolute Gasteiger partial charge is 0.166 e. The Balaban J connectivity index is 2.13. The van der Waals surface area contributed by atoms with E-state index in [1.54, 1.807) is 0 Å². The summed E-state index contributed by atoms with van der Waals surface area (Å²) in [6, 6.07) is 8.05. The molecule has 1 aliphatic carbocycles. The monoisotopic (exact) mass is 259 g/mol. The number of ketones is 1. The minimum atomic E-state index is 0.254. The van der Waals surface area contributed by atoms with Crippen molar-refractivity contribution in [2.75, 3.05) is 19.0 Å². The van der Waals surface area contributed by atoms with E-state index in [0.717, 1.165) is 24.1 Å². The average molecular weight is 259 g/mol. The van der Waals surface area contributed by atoms with Gasteiger partial charge in [-0.25, -0.2) is 0 Å². The molecule has 1 saturated carbocycles. The Morgan fingerprint density at radius 2 is 1.79 bits per heavy atom. The van der Waals surface area contributed by atoms with Crippen LogP contribution in [0.25, 0.3) is 0 Å². The molecule has 0 spiro atoms. The molecule has 0 saturated heterocycles. The number of rotatable bonds is 4. The number of carbonyl (C=O) groups excluding carboxylic acids is 1. The summed E-state index contributed by atoms with van der Waals surface area (Å²) in [6.07, 6.45) is 5.94. The quantitative estimate of drug-likeness (QED) is 0.757. The normalized spacial score (nSPS) is 23.1. The minimum Gasteiger partial charge on any atom is -0.378 e. The van der Waals surface area contributed by atoms with Crippen LogP contribution < -0.4 is 4.90 Å². The second kappa shape index (κ2) is 6.23. The van der Waals surface area contributed by atoms with Crippen LogP contribution in [0.2, 0.25) is 0 Å². The van der Waals surface area contributed by atoms with E-state index in [0.29, 0.717) is 11.7 Å². The first kappa shape index (κ1) is 14.1. The van der Waals surface area contributed by atoms with Gasteiger partial charge in [-0.2, -0.15) is 0 Å². The van der Waals surface area contributed by atoms with E-state index < -0.39 is 0 Å². The van der Waals surface area contributed by atoms with E-state index >= 15 is 0 Å². The molecular weight excluding hydrogens is 234 g/mol. The van der Waals surface area contributed by atoms with Crippen molar-refractivity contribution in [1.29, 1.82) is 0 Å². The molecule has 1 aromatic rings. The first-order chi connectivity index (χ1) is 9.13. The summed E-state index contributed by atoms with van der Waals surface area (Å²) < 4.78 is 0. The summed E-state index contributed by atoms with van der Waals surface area (Å²) in [5, 5.41) is 0. The van der Waals surface area contributed by atoms with E-state index in [1.807, 2.05) is 38.4 Å². The number of hydrogen-bond donors (Lipinski definition) is 0. The molecule has 0 amide bonds. The molecule has 1 fully saturated rings. The van der Waals surface area contributed by atoms with E-state index in [-0.39, 0.29) is 5.92 Å². The molecule has 1 aliphatic rings. The second-order valence-electron chi connectivity index (χ2n) is 5.86. The lowest BCUT2D eigenvalue weighted by Crippen LogP contribution is -2.27. The van der Waals surface area contributed by atoms with E-state index in [4.69, 9.17) is 0 Å². The summed E-state index contributed by atoms with van der Waals surface area (Å²) in [5.41, 5.74) is 2.03. The molecular formula is C17H25NO. The summed E-state index contributed by atoms with van der Waals surface area (Å²) in [5.74, 6) is 1.20. The fraction of sp³-hybridized carbons (Fsp3) is 0.588. The Bertz CT molecular complexity index is 421. The Kier molecular flexibility index (Phi) is 4.62. The SMILES string of the molecule is CCC1CCCCC1C(=O)c1ccc(N(C)C)cc1. The Labute approximate surface area is 116 Å². The molecule has 0 heterocycles. The van der Waals surface area contributed by atoms with Gasteiger partial charge in [0.2, 0.25) is 0 Å². The minimum absolute atomic E-state index is 0.254. The molecule has 104 valence electrons. The van der Waals surface area contributed by atoms with Crippen molar-refractivity contribution >= 4 is 11.5 Å². The van der Waals surface area contributed by atoms with Gasteiger partial charge >= 0.3 is 0 Å². The van der Waals surface area contributed by atoms with Crippen LogP contribution >= 0.6 is 0 Å². The largest absolute Gasteiger partial charge is 0.378 e. The fourth-order valence-corrected chi connectivity index (χ4v) is 3.18. The van der Waals surface area contributed by atoms with Crippen LogP contribution in [-0.2, 0) is 0 Å². The van der Waals surface area contributed by atoms with Crippen molar-refractivity contribution in [3.05, 3.63) is 29.8 Å². The second-order valence-corrected chi connectivity index (χ2v) is 5.86. The van der Waals surface area contributed by atoms with Crippen LogP contribution in [-0.4, -0.2) is 19.9 Å². The molecule has 19 heavy (non-hydrogen) atoms. The Hall–Kier alpha value is -1.31. The van der Waals surface area contributed by atoms with Crippen LogP contribution in [0.4, 0.5) is 5.69 Å². The van der Waals surface area contributed by atoms with Gasteiger partial charge in [0.1, 0.15) is 0 Å². The first-order valence-electron chi connectivity index (χ1n) is 7.45. The lowest BCUT2D eigenvalue weighted by atomic mass is 9.74.